The Morgan fingerprint density at radius 1 is 1.31 bits per heavy atom. The predicted molar refractivity (Wildman–Crippen MR) is 133 cm³/mol. The third-order valence-corrected chi connectivity index (χ3v) is 8.74. The van der Waals surface area contributed by atoms with Crippen molar-refractivity contribution in [2.75, 3.05) is 7.11 Å². The number of carboxylic acids is 1. The van der Waals surface area contributed by atoms with Gasteiger partial charge in [0.2, 0.25) is 5.91 Å². The Balaban J connectivity index is 1.39. The lowest BCUT2D eigenvalue weighted by Crippen LogP contribution is -2.65. The fraction of sp³-hybridized carbons (Fsp3) is 0.577. The molecule has 5 atom stereocenters. The number of rotatable bonds is 9. The van der Waals surface area contributed by atoms with Crippen molar-refractivity contribution in [1.29, 1.82) is 0 Å². The molecule has 10 heteroatoms. The van der Waals surface area contributed by atoms with Crippen molar-refractivity contribution in [3.63, 3.8) is 0 Å². The molecule has 2 heterocycles. The molecule has 0 spiro atoms. The van der Waals surface area contributed by atoms with E-state index in [9.17, 15) is 14.7 Å². The van der Waals surface area contributed by atoms with Crippen molar-refractivity contribution in [3.05, 3.63) is 47.8 Å². The first-order valence-electron chi connectivity index (χ1n) is 12.6. The molecule has 1 aromatic heterocycles. The second-order valence-electron chi connectivity index (χ2n) is 11.0. The lowest BCUT2D eigenvalue weighted by molar-refractivity contribution is -0.199. The van der Waals surface area contributed by atoms with Crippen LogP contribution >= 0.6 is 0 Å². The van der Waals surface area contributed by atoms with Gasteiger partial charge in [0.15, 0.2) is 0 Å². The van der Waals surface area contributed by atoms with Gasteiger partial charge in [-0.3, -0.25) is 9.48 Å². The van der Waals surface area contributed by atoms with Crippen LogP contribution in [0.5, 0.6) is 5.75 Å². The smallest absolute Gasteiger partial charge is 0.482 e. The lowest BCUT2D eigenvalue weighted by atomic mass is 9.43. The van der Waals surface area contributed by atoms with E-state index in [-0.39, 0.29) is 35.2 Å². The van der Waals surface area contributed by atoms with E-state index in [1.54, 1.807) is 16.9 Å². The second kappa shape index (κ2) is 9.23. The van der Waals surface area contributed by atoms with Gasteiger partial charge in [0.1, 0.15) is 11.3 Å². The quantitative estimate of drug-likeness (QED) is 0.515. The predicted octanol–water partition coefficient (Wildman–Crippen LogP) is 2.97. The summed E-state index contributed by atoms with van der Waals surface area (Å²) in [6.45, 7) is 7.21. The summed E-state index contributed by atoms with van der Waals surface area (Å²) in [6.07, 6.45) is 6.08. The molecule has 1 aromatic carbocycles. The molecule has 1 aliphatic heterocycles. The zero-order valence-electron chi connectivity index (χ0n) is 21.3. The molecule has 4 fully saturated rings. The first-order valence-corrected chi connectivity index (χ1v) is 12.6. The van der Waals surface area contributed by atoms with Crippen molar-refractivity contribution in [2.45, 2.75) is 70.6 Å². The molecule has 3 saturated carbocycles. The Morgan fingerprint density at radius 3 is 2.78 bits per heavy atom. The second-order valence-corrected chi connectivity index (χ2v) is 11.0. The molecule has 0 radical (unpaired) electrons. The number of amides is 1. The van der Waals surface area contributed by atoms with Crippen LogP contribution in [0.4, 0.5) is 0 Å². The molecule has 2 bridgehead atoms. The fourth-order valence-electron chi connectivity index (χ4n) is 6.61. The Kier molecular flexibility index (Phi) is 6.37. The number of aromatic carboxylic acids is 1. The van der Waals surface area contributed by atoms with Crippen LogP contribution in [0.1, 0.15) is 56.0 Å². The zero-order chi connectivity index (χ0) is 25.7. The highest BCUT2D eigenvalue weighted by Gasteiger charge is 2.68. The highest BCUT2D eigenvalue weighted by molar-refractivity contribution is 6.48. The van der Waals surface area contributed by atoms with E-state index in [4.69, 9.17) is 14.0 Å². The summed E-state index contributed by atoms with van der Waals surface area (Å²) in [7, 11) is 0.804. The van der Waals surface area contributed by atoms with Gasteiger partial charge in [-0.05, 0) is 61.1 Å². The van der Waals surface area contributed by atoms with Crippen molar-refractivity contribution in [3.8, 4) is 5.75 Å². The summed E-state index contributed by atoms with van der Waals surface area (Å²) in [5.41, 5.74) is 0.529. The molecule has 2 aromatic rings. The molecule has 192 valence electrons. The molecule has 6 rings (SSSR count). The molecule has 3 aliphatic carbocycles. The van der Waals surface area contributed by atoms with E-state index in [0.717, 1.165) is 12.8 Å². The number of benzene rings is 1. The van der Waals surface area contributed by atoms with Crippen molar-refractivity contribution >= 4 is 19.0 Å². The van der Waals surface area contributed by atoms with Crippen LogP contribution in [0.25, 0.3) is 0 Å². The Labute approximate surface area is 211 Å². The number of aryl methyl sites for hydroxylation is 1. The van der Waals surface area contributed by atoms with Crippen LogP contribution in [0.15, 0.2) is 36.7 Å². The highest BCUT2D eigenvalue weighted by atomic mass is 16.7. The van der Waals surface area contributed by atoms with Crippen molar-refractivity contribution < 1.29 is 28.7 Å². The molecule has 5 unspecified atom stereocenters. The zero-order valence-corrected chi connectivity index (χ0v) is 21.3. The highest BCUT2D eigenvalue weighted by Crippen LogP contribution is 2.65. The number of carboxylic acid groups (broad SMARTS) is 1. The van der Waals surface area contributed by atoms with Gasteiger partial charge in [0, 0.05) is 25.4 Å². The van der Waals surface area contributed by atoms with Gasteiger partial charge in [0.05, 0.1) is 24.8 Å². The van der Waals surface area contributed by atoms with E-state index >= 15 is 0 Å². The molecule has 1 amide bonds. The van der Waals surface area contributed by atoms with Gasteiger partial charge in [0.25, 0.3) is 0 Å². The Bertz CT molecular complexity index is 1140. The number of hydrogen-bond donors (Lipinski definition) is 2. The average Bonchev–Trinajstić information content (AvgIpc) is 3.48. The average molecular weight is 495 g/mol. The van der Waals surface area contributed by atoms with Crippen LogP contribution in [0.3, 0.4) is 0 Å². The molecule has 2 N–H and O–H groups in total. The number of methoxy groups -OCH3 is 1. The van der Waals surface area contributed by atoms with Gasteiger partial charge in [-0.2, -0.15) is 5.10 Å². The molecular weight excluding hydrogens is 461 g/mol. The molecule has 4 aliphatic rings. The number of hydrogen-bond acceptors (Lipinski definition) is 6. The number of aromatic nitrogens is 2. The third-order valence-electron chi connectivity index (χ3n) is 8.74. The number of carbonyl (C=O) groups excluding carboxylic acids is 1. The number of para-hydroxylation sites is 1. The van der Waals surface area contributed by atoms with Crippen LogP contribution in [0, 0.1) is 17.3 Å². The number of ether oxygens (including phenoxy) is 1. The first kappa shape index (κ1) is 24.8. The maximum Gasteiger partial charge on any atom is 0.482 e. The van der Waals surface area contributed by atoms with Gasteiger partial charge in [-0.1, -0.05) is 26.0 Å². The lowest BCUT2D eigenvalue weighted by Gasteiger charge is -2.64. The Hall–Kier alpha value is -2.85. The summed E-state index contributed by atoms with van der Waals surface area (Å²) in [6, 6.07) is 6.83. The summed E-state index contributed by atoms with van der Waals surface area (Å²) in [5.74, 6) is -0.457. The van der Waals surface area contributed by atoms with E-state index in [2.05, 4.69) is 31.2 Å². The third kappa shape index (κ3) is 4.20. The number of nitrogens with zero attached hydrogens (tertiary/aromatic N) is 2. The largest absolute Gasteiger partial charge is 0.496 e. The monoisotopic (exact) mass is 495 g/mol. The van der Waals surface area contributed by atoms with Crippen LogP contribution in [0.2, 0.25) is 0 Å². The van der Waals surface area contributed by atoms with E-state index in [0.29, 0.717) is 30.4 Å². The van der Waals surface area contributed by atoms with Gasteiger partial charge in [-0.25, -0.2) is 4.79 Å². The van der Waals surface area contributed by atoms with E-state index in [1.807, 2.05) is 18.3 Å². The minimum Gasteiger partial charge on any atom is -0.496 e. The Morgan fingerprint density at radius 2 is 2.11 bits per heavy atom. The summed E-state index contributed by atoms with van der Waals surface area (Å²) in [4.78, 5) is 24.8. The minimum absolute atomic E-state index is 0.0324. The first-order chi connectivity index (χ1) is 17.1. The summed E-state index contributed by atoms with van der Waals surface area (Å²) < 4.78 is 20.3. The topological polar surface area (TPSA) is 112 Å². The molecule has 36 heavy (non-hydrogen) atoms. The normalized spacial score (nSPS) is 28.7. The fourth-order valence-corrected chi connectivity index (χ4v) is 6.61. The van der Waals surface area contributed by atoms with Gasteiger partial charge < -0.3 is 24.5 Å². The van der Waals surface area contributed by atoms with Crippen molar-refractivity contribution in [1.82, 2.24) is 15.1 Å². The SMILES string of the molecule is COc1c(CC(NC(=O)CCn2cccn2)B2OC3CC4CC(C4(C)C)C3(C)O2)cccc1C(=O)O. The number of nitrogens with one attached hydrogen (secondary N) is 1. The molecule has 9 nitrogen and oxygen atoms in total. The summed E-state index contributed by atoms with van der Waals surface area (Å²) in [5, 5.41) is 16.9. The van der Waals surface area contributed by atoms with Crippen LogP contribution in [-0.2, 0) is 27.1 Å². The minimum atomic E-state index is -1.07. The van der Waals surface area contributed by atoms with E-state index < -0.39 is 24.6 Å². The maximum absolute atomic E-state index is 13.0. The van der Waals surface area contributed by atoms with Gasteiger partial charge in [-0.15, -0.1) is 0 Å². The number of carbonyl (C=O) groups is 2. The standard InChI is InChI=1S/C26H34BN3O6/c1-25(2)17-14-19(25)26(3)20(15-17)35-27(36-26)21(29-22(31)9-12-30-11-6-10-28-30)13-16-7-5-8-18(24(32)33)23(16)34-4/h5-8,10-11,17,19-21H,9,12-15H2,1-4H3,(H,29,31)(H,32,33). The van der Waals surface area contributed by atoms with Crippen molar-refractivity contribution in [2.24, 2.45) is 17.3 Å². The summed E-state index contributed by atoms with van der Waals surface area (Å²) >= 11 is 0. The van der Waals surface area contributed by atoms with E-state index in [1.165, 1.54) is 13.2 Å². The van der Waals surface area contributed by atoms with Crippen LogP contribution in [-0.4, -0.2) is 58.6 Å². The maximum atomic E-state index is 13.0. The molecular formula is C26H34BN3O6. The molecule has 1 saturated heterocycles. The van der Waals surface area contributed by atoms with Gasteiger partial charge >= 0.3 is 13.1 Å². The van der Waals surface area contributed by atoms with Crippen LogP contribution < -0.4 is 10.1 Å².